The molecule has 0 radical (unpaired) electrons. The zero-order valence-corrected chi connectivity index (χ0v) is 35.7. The van der Waals surface area contributed by atoms with Gasteiger partial charge in [0.2, 0.25) is 5.78 Å². The maximum absolute atomic E-state index is 13.9. The van der Waals surface area contributed by atoms with E-state index in [4.69, 9.17) is 26.3 Å². The second kappa shape index (κ2) is 17.7. The molecule has 0 atom stereocenters. The fraction of sp³-hybridized carbons (Fsp3) is 0.543. The molecule has 2 aromatic heterocycles. The number of ketones is 1. The lowest BCUT2D eigenvalue weighted by atomic mass is 9.80. The highest BCUT2D eigenvalue weighted by molar-refractivity contribution is 6.36. The van der Waals surface area contributed by atoms with E-state index in [1.54, 1.807) is 6.07 Å². The highest BCUT2D eigenvalue weighted by Gasteiger charge is 2.32. The zero-order valence-electron chi connectivity index (χ0n) is 34.9. The number of nitrogens with zero attached hydrogens (tertiary/aromatic N) is 6. The fourth-order valence-corrected chi connectivity index (χ4v) is 10.4. The first-order valence-corrected chi connectivity index (χ1v) is 21.9. The van der Waals surface area contributed by atoms with Gasteiger partial charge in [0.25, 0.3) is 5.91 Å². The summed E-state index contributed by atoms with van der Waals surface area (Å²) in [6.45, 7) is 6.28. The summed E-state index contributed by atoms with van der Waals surface area (Å²) in [5.41, 5.74) is 8.16. The Morgan fingerprint density at radius 3 is 2.25 bits per heavy atom. The number of fused-ring (bicyclic) bond motifs is 2. The third kappa shape index (κ3) is 8.64. The molecule has 2 aromatic carbocycles. The number of carbonyl (C=O) groups is 3. The number of imidazole rings is 2. The summed E-state index contributed by atoms with van der Waals surface area (Å²) in [7, 11) is 5.33. The number of methoxy groups -OCH3 is 1. The average Bonchev–Trinajstić information content (AvgIpc) is 3.76. The molecule has 4 aromatic rings. The van der Waals surface area contributed by atoms with Gasteiger partial charge in [0.05, 0.1) is 41.2 Å². The van der Waals surface area contributed by atoms with Crippen LogP contribution in [0.2, 0.25) is 5.02 Å². The summed E-state index contributed by atoms with van der Waals surface area (Å²) >= 11 is 7.08. The van der Waals surface area contributed by atoms with Crippen LogP contribution in [0.15, 0.2) is 36.4 Å². The number of ether oxygens (including phenoxy) is 1. The molecule has 2 saturated carbocycles. The lowest BCUT2D eigenvalue weighted by molar-refractivity contribution is -0.146. The predicted octanol–water partition coefficient (Wildman–Crippen LogP) is 6.85. The molecule has 12 nitrogen and oxygen atoms in total. The van der Waals surface area contributed by atoms with Crippen LogP contribution in [0.3, 0.4) is 0 Å². The molecule has 13 heteroatoms. The number of hydrogen-bond donors (Lipinski definition) is 2. The number of amides is 1. The topological polar surface area (TPSA) is 135 Å². The highest BCUT2D eigenvalue weighted by Crippen LogP contribution is 2.38. The van der Waals surface area contributed by atoms with E-state index in [1.165, 1.54) is 7.11 Å². The van der Waals surface area contributed by atoms with Crippen molar-refractivity contribution in [2.24, 2.45) is 25.9 Å². The average molecular weight is 824 g/mol. The summed E-state index contributed by atoms with van der Waals surface area (Å²) in [4.78, 5) is 54.3. The number of carbonyl (C=O) groups excluding carboxylic acids is 3. The minimum Gasteiger partial charge on any atom is -0.469 e. The quantitative estimate of drug-likeness (QED) is 0.123. The number of nitrogens with one attached hydrogen (secondary N) is 1. The number of Topliss-reactive ketones (excluding diaryl/α,β-unsaturated/α-hetero) is 1. The SMILES string of the molecule is COC(=O)C1CCC(CCN2CCc3c(nc(C(=O)Nc4cccc(-c5cccc(CC(=O)c6nc7c(n6C)CCN(C6CCC(O)CC6)C7)c5C)c4Cl)n3C)C2)CC1. The Balaban J connectivity index is 0.909. The van der Waals surface area contributed by atoms with Crippen LogP contribution >= 0.6 is 11.6 Å². The molecule has 2 N–H and O–H groups in total. The molecule has 0 unspecified atom stereocenters. The van der Waals surface area contributed by atoms with Gasteiger partial charge in [-0.3, -0.25) is 24.2 Å². The van der Waals surface area contributed by atoms with E-state index in [9.17, 15) is 19.5 Å². The summed E-state index contributed by atoms with van der Waals surface area (Å²) in [5.74, 6) is 1.09. The van der Waals surface area contributed by atoms with E-state index in [0.717, 1.165) is 142 Å². The largest absolute Gasteiger partial charge is 0.469 e. The Hall–Kier alpha value is -4.36. The fourth-order valence-electron chi connectivity index (χ4n) is 10.2. The molecule has 2 aliphatic carbocycles. The van der Waals surface area contributed by atoms with Gasteiger partial charge in [-0.05, 0) is 99.9 Å². The van der Waals surface area contributed by atoms with Crippen LogP contribution in [0.25, 0.3) is 11.1 Å². The van der Waals surface area contributed by atoms with Crippen molar-refractivity contribution in [3.8, 4) is 11.1 Å². The Labute approximate surface area is 352 Å². The molecule has 4 heterocycles. The van der Waals surface area contributed by atoms with Crippen LogP contribution in [0, 0.1) is 18.8 Å². The molecule has 2 aliphatic heterocycles. The number of aliphatic hydroxyl groups is 1. The van der Waals surface area contributed by atoms with Gasteiger partial charge in [-0.1, -0.05) is 41.9 Å². The van der Waals surface area contributed by atoms with Crippen molar-refractivity contribution in [3.63, 3.8) is 0 Å². The second-order valence-corrected chi connectivity index (χ2v) is 17.7. The standard InChI is InChI=1S/C46H58ClN7O5/c1-28-31(25-41(56)43-48-38-27-54(24-21-40(38)51(43)2)32-15-17-33(55)18-16-32)7-5-8-34(28)35-9-6-10-36(42(35)47)50-45(57)44-49-37-26-53(23-20-39(37)52(44)3)22-19-29-11-13-30(14-12-29)46(58)59-4/h5-10,29-30,32-33,55H,11-27H2,1-4H3,(H,50,57). The van der Waals surface area contributed by atoms with Crippen molar-refractivity contribution in [1.29, 1.82) is 0 Å². The Morgan fingerprint density at radius 2 is 1.51 bits per heavy atom. The normalized spacial score (nSPS) is 22.4. The van der Waals surface area contributed by atoms with Crippen LogP contribution in [-0.4, -0.2) is 90.6 Å². The van der Waals surface area contributed by atoms with Crippen molar-refractivity contribution < 1.29 is 24.2 Å². The molecule has 59 heavy (non-hydrogen) atoms. The van der Waals surface area contributed by atoms with E-state index in [-0.39, 0.29) is 36.1 Å². The van der Waals surface area contributed by atoms with Gasteiger partial charge in [0.1, 0.15) is 0 Å². The second-order valence-electron chi connectivity index (χ2n) is 17.3. The molecule has 2 fully saturated rings. The van der Waals surface area contributed by atoms with Gasteiger partial charge in [0, 0.05) is 82.5 Å². The minimum atomic E-state index is -0.315. The minimum absolute atomic E-state index is 0.0261. The lowest BCUT2D eigenvalue weighted by Crippen LogP contribution is -2.42. The van der Waals surface area contributed by atoms with Crippen molar-refractivity contribution in [2.45, 2.75) is 109 Å². The molecule has 314 valence electrons. The van der Waals surface area contributed by atoms with Crippen LogP contribution in [0.4, 0.5) is 5.69 Å². The molecule has 0 spiro atoms. The Kier molecular flexibility index (Phi) is 12.4. The van der Waals surface area contributed by atoms with Crippen molar-refractivity contribution in [2.75, 3.05) is 32.1 Å². The molecule has 8 rings (SSSR count). The molecule has 0 saturated heterocycles. The molecular formula is C46H58ClN7O5. The number of aromatic nitrogens is 4. The Morgan fingerprint density at radius 1 is 0.847 bits per heavy atom. The predicted molar refractivity (Wildman–Crippen MR) is 227 cm³/mol. The highest BCUT2D eigenvalue weighted by atomic mass is 35.5. The smallest absolute Gasteiger partial charge is 0.308 e. The molecular weight excluding hydrogens is 766 g/mol. The Bertz CT molecular complexity index is 2210. The third-order valence-electron chi connectivity index (χ3n) is 13.8. The number of esters is 1. The van der Waals surface area contributed by atoms with Gasteiger partial charge >= 0.3 is 5.97 Å². The van der Waals surface area contributed by atoms with Crippen molar-refractivity contribution in [1.82, 2.24) is 28.9 Å². The first-order valence-electron chi connectivity index (χ1n) is 21.5. The summed E-state index contributed by atoms with van der Waals surface area (Å²) in [6, 6.07) is 12.0. The molecule has 0 bridgehead atoms. The van der Waals surface area contributed by atoms with E-state index in [2.05, 4.69) is 15.1 Å². The summed E-state index contributed by atoms with van der Waals surface area (Å²) in [6.07, 6.45) is 10.4. The van der Waals surface area contributed by atoms with Gasteiger partial charge < -0.3 is 24.3 Å². The van der Waals surface area contributed by atoms with E-state index < -0.39 is 0 Å². The van der Waals surface area contributed by atoms with E-state index >= 15 is 0 Å². The summed E-state index contributed by atoms with van der Waals surface area (Å²) in [5, 5.41) is 13.5. The lowest BCUT2D eigenvalue weighted by Gasteiger charge is -2.37. The summed E-state index contributed by atoms with van der Waals surface area (Å²) < 4.78 is 8.85. The van der Waals surface area contributed by atoms with Crippen LogP contribution in [-0.2, 0) is 56.0 Å². The van der Waals surface area contributed by atoms with Gasteiger partial charge in [-0.2, -0.15) is 0 Å². The number of anilines is 1. The number of aliphatic hydroxyl groups excluding tert-OH is 1. The van der Waals surface area contributed by atoms with Crippen molar-refractivity contribution in [3.05, 3.63) is 87.0 Å². The van der Waals surface area contributed by atoms with Crippen LogP contribution < -0.4 is 5.32 Å². The van der Waals surface area contributed by atoms with E-state index in [0.29, 0.717) is 40.9 Å². The molecule has 1 amide bonds. The number of hydrogen-bond acceptors (Lipinski definition) is 9. The van der Waals surface area contributed by atoms with Gasteiger partial charge in [-0.15, -0.1) is 0 Å². The molecule has 4 aliphatic rings. The first kappa shape index (κ1) is 41.4. The van der Waals surface area contributed by atoms with E-state index in [1.807, 2.05) is 60.5 Å². The maximum atomic E-state index is 13.9. The number of halogens is 1. The van der Waals surface area contributed by atoms with Crippen LogP contribution in [0.5, 0.6) is 0 Å². The maximum Gasteiger partial charge on any atom is 0.308 e. The first-order chi connectivity index (χ1) is 28.5. The van der Waals surface area contributed by atoms with Crippen LogP contribution in [0.1, 0.15) is 113 Å². The zero-order chi connectivity index (χ0) is 41.4. The third-order valence-corrected chi connectivity index (χ3v) is 14.2. The van der Waals surface area contributed by atoms with Gasteiger partial charge in [0.15, 0.2) is 11.6 Å². The number of rotatable bonds is 11. The number of benzene rings is 2. The monoisotopic (exact) mass is 823 g/mol. The van der Waals surface area contributed by atoms with Gasteiger partial charge in [-0.25, -0.2) is 9.97 Å². The van der Waals surface area contributed by atoms with Crippen molar-refractivity contribution >= 4 is 34.9 Å².